The first-order valence-corrected chi connectivity index (χ1v) is 5.95. The molecule has 2 rings (SSSR count). The van der Waals surface area contributed by atoms with Gasteiger partial charge in [-0.1, -0.05) is 31.2 Å². The van der Waals surface area contributed by atoms with Crippen molar-refractivity contribution in [2.24, 2.45) is 5.73 Å². The van der Waals surface area contributed by atoms with E-state index in [-0.39, 0.29) is 11.9 Å². The average Bonchev–Trinajstić information content (AvgIpc) is 2.65. The van der Waals surface area contributed by atoms with Crippen LogP contribution in [-0.4, -0.2) is 23.2 Å². The number of fused-ring (bicyclic) bond motifs is 1. The Hall–Kier alpha value is -1.39. The fourth-order valence-electron chi connectivity index (χ4n) is 2.19. The third-order valence-electron chi connectivity index (χ3n) is 3.28. The molecule has 0 spiro atoms. The summed E-state index contributed by atoms with van der Waals surface area (Å²) in [5, 5.41) is 12.8. The molecule has 1 aromatic rings. The van der Waals surface area contributed by atoms with Crippen LogP contribution in [0.1, 0.15) is 30.5 Å². The molecule has 92 valence electrons. The molecule has 0 heterocycles. The third kappa shape index (κ3) is 2.33. The zero-order chi connectivity index (χ0) is 12.4. The van der Waals surface area contributed by atoms with Gasteiger partial charge in [0.15, 0.2) is 0 Å². The summed E-state index contributed by atoms with van der Waals surface area (Å²) < 4.78 is 0. The molecule has 0 fully saturated rings. The van der Waals surface area contributed by atoms with E-state index in [1.807, 2.05) is 31.2 Å². The van der Waals surface area contributed by atoms with Crippen molar-refractivity contribution in [2.75, 3.05) is 0 Å². The Labute approximate surface area is 101 Å². The minimum Gasteiger partial charge on any atom is -0.390 e. The SMILES string of the molecule is CC[C@@H](N)C(=O)N[C@@H]1c2ccccc2C[C@@H]1O. The Kier molecular flexibility index (Phi) is 3.45. The maximum Gasteiger partial charge on any atom is 0.237 e. The highest BCUT2D eigenvalue weighted by atomic mass is 16.3. The van der Waals surface area contributed by atoms with Crippen LogP contribution in [0.3, 0.4) is 0 Å². The highest BCUT2D eigenvalue weighted by Crippen LogP contribution is 2.31. The van der Waals surface area contributed by atoms with E-state index in [4.69, 9.17) is 5.73 Å². The van der Waals surface area contributed by atoms with Crippen molar-refractivity contribution in [2.45, 2.75) is 38.0 Å². The molecule has 0 radical (unpaired) electrons. The minimum atomic E-state index is -0.555. The Morgan fingerprint density at radius 2 is 2.29 bits per heavy atom. The first-order chi connectivity index (χ1) is 8.13. The lowest BCUT2D eigenvalue weighted by Crippen LogP contribution is -2.43. The van der Waals surface area contributed by atoms with Crippen molar-refractivity contribution in [1.29, 1.82) is 0 Å². The molecule has 0 aliphatic heterocycles. The molecule has 0 aromatic heterocycles. The molecule has 0 saturated carbocycles. The number of carbonyl (C=O) groups is 1. The normalized spacial score (nSPS) is 24.2. The molecule has 0 unspecified atom stereocenters. The van der Waals surface area contributed by atoms with Crippen LogP contribution in [0.4, 0.5) is 0 Å². The van der Waals surface area contributed by atoms with Gasteiger partial charge in [-0.3, -0.25) is 4.79 Å². The number of hydrogen-bond donors (Lipinski definition) is 3. The Balaban J connectivity index is 2.14. The minimum absolute atomic E-state index is 0.201. The molecule has 1 aliphatic rings. The zero-order valence-electron chi connectivity index (χ0n) is 9.89. The van der Waals surface area contributed by atoms with Crippen LogP contribution in [0, 0.1) is 0 Å². The number of amides is 1. The predicted molar refractivity (Wildman–Crippen MR) is 65.3 cm³/mol. The lowest BCUT2D eigenvalue weighted by molar-refractivity contribution is -0.123. The van der Waals surface area contributed by atoms with Crippen LogP contribution in [0.15, 0.2) is 24.3 Å². The number of benzene rings is 1. The third-order valence-corrected chi connectivity index (χ3v) is 3.28. The fourth-order valence-corrected chi connectivity index (χ4v) is 2.19. The lowest BCUT2D eigenvalue weighted by Gasteiger charge is -2.20. The maximum atomic E-state index is 11.7. The molecule has 4 nitrogen and oxygen atoms in total. The van der Waals surface area contributed by atoms with Gasteiger partial charge in [0.05, 0.1) is 18.2 Å². The number of carbonyl (C=O) groups excluding carboxylic acids is 1. The van der Waals surface area contributed by atoms with E-state index in [0.29, 0.717) is 12.8 Å². The first kappa shape index (κ1) is 12.1. The van der Waals surface area contributed by atoms with Gasteiger partial charge < -0.3 is 16.2 Å². The van der Waals surface area contributed by atoms with Crippen LogP contribution in [-0.2, 0) is 11.2 Å². The topological polar surface area (TPSA) is 75.4 Å². The maximum absolute atomic E-state index is 11.7. The summed E-state index contributed by atoms with van der Waals surface area (Å²) >= 11 is 0. The summed E-state index contributed by atoms with van der Waals surface area (Å²) in [7, 11) is 0. The summed E-state index contributed by atoms with van der Waals surface area (Å²) in [5.74, 6) is -0.201. The van der Waals surface area contributed by atoms with Gasteiger partial charge in [0.25, 0.3) is 0 Å². The van der Waals surface area contributed by atoms with Gasteiger partial charge in [-0.25, -0.2) is 0 Å². The number of aliphatic hydroxyl groups excluding tert-OH is 1. The van der Waals surface area contributed by atoms with E-state index < -0.39 is 12.1 Å². The van der Waals surface area contributed by atoms with Crippen molar-refractivity contribution < 1.29 is 9.90 Å². The second kappa shape index (κ2) is 4.85. The van der Waals surface area contributed by atoms with Gasteiger partial charge in [-0.2, -0.15) is 0 Å². The van der Waals surface area contributed by atoms with Crippen molar-refractivity contribution >= 4 is 5.91 Å². The fraction of sp³-hybridized carbons (Fsp3) is 0.462. The Morgan fingerprint density at radius 1 is 1.59 bits per heavy atom. The molecule has 1 aliphatic carbocycles. The van der Waals surface area contributed by atoms with E-state index in [2.05, 4.69) is 5.32 Å². The quantitative estimate of drug-likeness (QED) is 0.713. The molecule has 4 heteroatoms. The summed E-state index contributed by atoms with van der Waals surface area (Å²) in [6, 6.07) is 6.94. The smallest absolute Gasteiger partial charge is 0.237 e. The van der Waals surface area contributed by atoms with E-state index in [1.54, 1.807) is 0 Å². The summed E-state index contributed by atoms with van der Waals surface area (Å²) in [6.07, 6.45) is 0.624. The standard InChI is InChI=1S/C13H18N2O2/c1-2-10(14)13(17)15-12-9-6-4-3-5-8(9)7-11(12)16/h3-6,10-12,16H,2,7,14H2,1H3,(H,15,17)/t10-,11+,12-/m1/s1. The predicted octanol–water partition coefficient (Wildman–Crippen LogP) is 0.498. The summed E-state index contributed by atoms with van der Waals surface area (Å²) in [6.45, 7) is 1.86. The van der Waals surface area contributed by atoms with Gasteiger partial charge in [-0.15, -0.1) is 0 Å². The van der Waals surface area contributed by atoms with Crippen molar-refractivity contribution in [3.8, 4) is 0 Å². The van der Waals surface area contributed by atoms with Gasteiger partial charge >= 0.3 is 0 Å². The van der Waals surface area contributed by atoms with E-state index >= 15 is 0 Å². The Bertz CT molecular complexity index is 420. The van der Waals surface area contributed by atoms with Crippen LogP contribution in [0.2, 0.25) is 0 Å². The van der Waals surface area contributed by atoms with Gasteiger partial charge in [0.2, 0.25) is 5.91 Å². The molecule has 3 atom stereocenters. The molecule has 4 N–H and O–H groups in total. The van der Waals surface area contributed by atoms with E-state index in [0.717, 1.165) is 11.1 Å². The van der Waals surface area contributed by atoms with E-state index in [9.17, 15) is 9.90 Å². The highest BCUT2D eigenvalue weighted by Gasteiger charge is 2.32. The van der Waals surface area contributed by atoms with Crippen LogP contribution >= 0.6 is 0 Å². The lowest BCUT2D eigenvalue weighted by atomic mass is 10.1. The molecule has 1 aromatic carbocycles. The average molecular weight is 234 g/mol. The number of nitrogens with one attached hydrogen (secondary N) is 1. The summed E-state index contributed by atoms with van der Waals surface area (Å²) in [4.78, 5) is 11.7. The van der Waals surface area contributed by atoms with E-state index in [1.165, 1.54) is 0 Å². The number of nitrogens with two attached hydrogens (primary N) is 1. The van der Waals surface area contributed by atoms with Gasteiger partial charge in [-0.05, 0) is 17.5 Å². The van der Waals surface area contributed by atoms with Crippen molar-refractivity contribution in [1.82, 2.24) is 5.32 Å². The number of hydrogen-bond acceptors (Lipinski definition) is 3. The first-order valence-electron chi connectivity index (χ1n) is 5.95. The van der Waals surface area contributed by atoms with Gasteiger partial charge in [0, 0.05) is 6.42 Å². The van der Waals surface area contributed by atoms with Crippen LogP contribution < -0.4 is 11.1 Å². The van der Waals surface area contributed by atoms with Crippen LogP contribution in [0.25, 0.3) is 0 Å². The second-order valence-electron chi connectivity index (χ2n) is 4.47. The molecular formula is C13H18N2O2. The highest BCUT2D eigenvalue weighted by molar-refractivity contribution is 5.82. The van der Waals surface area contributed by atoms with Crippen molar-refractivity contribution in [3.63, 3.8) is 0 Å². The van der Waals surface area contributed by atoms with Crippen molar-refractivity contribution in [3.05, 3.63) is 35.4 Å². The number of rotatable bonds is 3. The molecule has 17 heavy (non-hydrogen) atoms. The van der Waals surface area contributed by atoms with Crippen LogP contribution in [0.5, 0.6) is 0 Å². The molecular weight excluding hydrogens is 216 g/mol. The number of aliphatic hydroxyl groups is 1. The monoisotopic (exact) mass is 234 g/mol. The van der Waals surface area contributed by atoms with Gasteiger partial charge in [0.1, 0.15) is 0 Å². The molecule has 0 saturated heterocycles. The molecule has 1 amide bonds. The molecule has 0 bridgehead atoms. The second-order valence-corrected chi connectivity index (χ2v) is 4.47. The zero-order valence-corrected chi connectivity index (χ0v) is 9.89. The largest absolute Gasteiger partial charge is 0.390 e. The summed E-state index contributed by atoms with van der Waals surface area (Å²) in [5.41, 5.74) is 7.76. The Morgan fingerprint density at radius 3 is 3.00 bits per heavy atom.